The summed E-state index contributed by atoms with van der Waals surface area (Å²) in [5.41, 5.74) is 1.10. The Morgan fingerprint density at radius 3 is 2.62 bits per heavy atom. The smallest absolute Gasteiger partial charge is 0.240 e. The van der Waals surface area contributed by atoms with Crippen molar-refractivity contribution in [3.05, 3.63) is 35.9 Å². The van der Waals surface area contributed by atoms with Gasteiger partial charge < -0.3 is 10.0 Å². The molecule has 0 bridgehead atoms. The summed E-state index contributed by atoms with van der Waals surface area (Å²) in [5.74, 6) is 2.30. The number of rotatable bonds is 6. The summed E-state index contributed by atoms with van der Waals surface area (Å²) in [4.78, 5) is 16.7. The van der Waals surface area contributed by atoms with E-state index >= 15 is 0 Å². The maximum absolute atomic E-state index is 12.7. The first-order chi connectivity index (χ1) is 10.2. The Bertz CT molecular complexity index is 435. The Hall–Kier alpha value is -1.04. The van der Waals surface area contributed by atoms with Gasteiger partial charge in [0.2, 0.25) is 5.91 Å². The van der Waals surface area contributed by atoms with Gasteiger partial charge in [0.15, 0.2) is 0 Å². The Morgan fingerprint density at radius 1 is 1.33 bits per heavy atom. The molecule has 2 rings (SSSR count). The molecule has 1 N–H and O–H groups in total. The first kappa shape index (κ1) is 16.3. The normalized spacial score (nSPS) is 17.4. The van der Waals surface area contributed by atoms with E-state index < -0.39 is 0 Å². The number of carbonyl (C=O) groups excluding carboxylic acids is 1. The number of nitrogens with zero attached hydrogens (tertiary/aromatic N) is 2. The largest absolute Gasteiger partial charge is 0.395 e. The molecule has 1 aromatic rings. The van der Waals surface area contributed by atoms with E-state index in [4.69, 9.17) is 0 Å². The summed E-state index contributed by atoms with van der Waals surface area (Å²) in [6.45, 7) is 4.87. The van der Waals surface area contributed by atoms with Crippen molar-refractivity contribution in [1.29, 1.82) is 0 Å². The van der Waals surface area contributed by atoms with E-state index in [1.807, 2.05) is 49.0 Å². The zero-order valence-corrected chi connectivity index (χ0v) is 13.4. The van der Waals surface area contributed by atoms with Gasteiger partial charge in [-0.15, -0.1) is 0 Å². The molecule has 0 aliphatic carbocycles. The number of amides is 1. The van der Waals surface area contributed by atoms with Crippen molar-refractivity contribution in [3.63, 3.8) is 0 Å². The number of hydrogen-bond donors (Lipinski definition) is 1. The molecule has 1 heterocycles. The third-order valence-electron chi connectivity index (χ3n) is 3.85. The fraction of sp³-hybridized carbons (Fsp3) is 0.562. The van der Waals surface area contributed by atoms with E-state index in [-0.39, 0.29) is 18.6 Å². The van der Waals surface area contributed by atoms with Crippen molar-refractivity contribution < 1.29 is 9.90 Å². The molecule has 1 saturated heterocycles. The van der Waals surface area contributed by atoms with Gasteiger partial charge in [-0.3, -0.25) is 9.69 Å². The molecule has 1 aliphatic rings. The van der Waals surface area contributed by atoms with Gasteiger partial charge in [-0.05, 0) is 12.5 Å². The second-order valence-electron chi connectivity index (χ2n) is 5.29. The first-order valence-corrected chi connectivity index (χ1v) is 8.63. The van der Waals surface area contributed by atoms with Crippen LogP contribution in [0.5, 0.6) is 0 Å². The van der Waals surface area contributed by atoms with Crippen molar-refractivity contribution >= 4 is 17.7 Å². The number of hydrogen-bond acceptors (Lipinski definition) is 4. The van der Waals surface area contributed by atoms with Crippen LogP contribution in [-0.2, 0) is 11.3 Å². The third kappa shape index (κ3) is 4.73. The van der Waals surface area contributed by atoms with Crippen LogP contribution in [0.15, 0.2) is 30.3 Å². The van der Waals surface area contributed by atoms with Gasteiger partial charge in [0.25, 0.3) is 0 Å². The zero-order chi connectivity index (χ0) is 15.1. The van der Waals surface area contributed by atoms with Crippen LogP contribution >= 0.6 is 11.8 Å². The lowest BCUT2D eigenvalue weighted by atomic mass is 10.1. The van der Waals surface area contributed by atoms with Crippen molar-refractivity contribution in [1.82, 2.24) is 9.80 Å². The van der Waals surface area contributed by atoms with E-state index in [2.05, 4.69) is 4.90 Å². The summed E-state index contributed by atoms with van der Waals surface area (Å²) in [7, 11) is 0. The molecule has 0 spiro atoms. The van der Waals surface area contributed by atoms with Gasteiger partial charge >= 0.3 is 0 Å². The summed E-state index contributed by atoms with van der Waals surface area (Å²) in [6.07, 6.45) is 0. The van der Waals surface area contributed by atoms with Gasteiger partial charge in [-0.2, -0.15) is 11.8 Å². The van der Waals surface area contributed by atoms with Crippen molar-refractivity contribution in [3.8, 4) is 0 Å². The molecule has 5 heteroatoms. The predicted molar refractivity (Wildman–Crippen MR) is 87.3 cm³/mol. The van der Waals surface area contributed by atoms with Crippen LogP contribution in [0.1, 0.15) is 12.5 Å². The second kappa shape index (κ2) is 8.41. The highest BCUT2D eigenvalue weighted by atomic mass is 32.2. The average Bonchev–Trinajstić information content (AvgIpc) is 2.55. The molecule has 4 nitrogen and oxygen atoms in total. The fourth-order valence-electron chi connectivity index (χ4n) is 2.58. The molecular formula is C16H24N2O2S. The Labute approximate surface area is 131 Å². The molecular weight excluding hydrogens is 284 g/mol. The summed E-state index contributed by atoms with van der Waals surface area (Å²) < 4.78 is 0. The maximum Gasteiger partial charge on any atom is 0.240 e. The van der Waals surface area contributed by atoms with E-state index in [1.165, 1.54) is 0 Å². The topological polar surface area (TPSA) is 43.8 Å². The molecule has 0 radical (unpaired) electrons. The zero-order valence-electron chi connectivity index (χ0n) is 12.6. The molecule has 0 saturated carbocycles. The van der Waals surface area contributed by atoms with E-state index in [1.54, 1.807) is 4.90 Å². The summed E-state index contributed by atoms with van der Waals surface area (Å²) >= 11 is 1.94. The molecule has 1 aliphatic heterocycles. The van der Waals surface area contributed by atoms with Crippen molar-refractivity contribution in [2.45, 2.75) is 19.5 Å². The highest BCUT2D eigenvalue weighted by Gasteiger charge is 2.26. The van der Waals surface area contributed by atoms with Gasteiger partial charge in [-0.1, -0.05) is 30.3 Å². The van der Waals surface area contributed by atoms with Crippen LogP contribution in [0, 0.1) is 0 Å². The minimum absolute atomic E-state index is 0.00114. The van der Waals surface area contributed by atoms with Crippen LogP contribution in [-0.4, -0.2) is 64.6 Å². The van der Waals surface area contributed by atoms with Crippen LogP contribution in [0.2, 0.25) is 0 Å². The lowest BCUT2D eigenvalue weighted by molar-refractivity contribution is -0.137. The minimum atomic E-state index is -0.110. The third-order valence-corrected chi connectivity index (χ3v) is 4.79. The van der Waals surface area contributed by atoms with E-state index in [0.29, 0.717) is 13.1 Å². The van der Waals surface area contributed by atoms with Gasteiger partial charge in [0.1, 0.15) is 0 Å². The Morgan fingerprint density at radius 2 is 2.00 bits per heavy atom. The van der Waals surface area contributed by atoms with Crippen molar-refractivity contribution in [2.24, 2.45) is 0 Å². The summed E-state index contributed by atoms with van der Waals surface area (Å²) in [6, 6.07) is 9.83. The molecule has 1 atom stereocenters. The van der Waals surface area contributed by atoms with Crippen LogP contribution in [0.4, 0.5) is 0 Å². The number of benzene rings is 1. The van der Waals surface area contributed by atoms with E-state index in [0.717, 1.165) is 30.2 Å². The van der Waals surface area contributed by atoms with Gasteiger partial charge in [0.05, 0.1) is 12.6 Å². The van der Waals surface area contributed by atoms with Crippen molar-refractivity contribution in [2.75, 3.05) is 37.7 Å². The lowest BCUT2D eigenvalue weighted by Gasteiger charge is -2.34. The Kier molecular flexibility index (Phi) is 6.54. The maximum atomic E-state index is 12.7. The monoisotopic (exact) mass is 308 g/mol. The van der Waals surface area contributed by atoms with Crippen LogP contribution in [0.3, 0.4) is 0 Å². The number of carbonyl (C=O) groups is 1. The van der Waals surface area contributed by atoms with Gasteiger partial charge in [0, 0.05) is 37.7 Å². The first-order valence-electron chi connectivity index (χ1n) is 7.47. The van der Waals surface area contributed by atoms with E-state index in [9.17, 15) is 9.90 Å². The Balaban J connectivity index is 2.00. The fourth-order valence-corrected chi connectivity index (χ4v) is 3.51. The quantitative estimate of drug-likeness (QED) is 0.864. The minimum Gasteiger partial charge on any atom is -0.395 e. The predicted octanol–water partition coefficient (Wildman–Crippen LogP) is 1.44. The standard InChI is InChI=1S/C16H24N2O2S/c1-14(17-8-11-21-12-9-17)16(20)18(7-10-19)13-15-5-3-2-4-6-15/h2-6,14,19H,7-13H2,1H3. The van der Waals surface area contributed by atoms with Crippen LogP contribution in [0.25, 0.3) is 0 Å². The molecule has 1 amide bonds. The number of thioether (sulfide) groups is 1. The number of aliphatic hydroxyl groups excluding tert-OH is 1. The average molecular weight is 308 g/mol. The second-order valence-corrected chi connectivity index (χ2v) is 6.52. The molecule has 21 heavy (non-hydrogen) atoms. The SMILES string of the molecule is CC(C(=O)N(CCO)Cc1ccccc1)N1CCSCC1. The summed E-state index contributed by atoms with van der Waals surface area (Å²) in [5, 5.41) is 9.24. The molecule has 1 fully saturated rings. The lowest BCUT2D eigenvalue weighted by Crippen LogP contribution is -2.50. The molecule has 1 unspecified atom stereocenters. The van der Waals surface area contributed by atoms with Crippen LogP contribution < -0.4 is 0 Å². The highest BCUT2D eigenvalue weighted by Crippen LogP contribution is 2.15. The van der Waals surface area contributed by atoms with Gasteiger partial charge in [-0.25, -0.2) is 0 Å². The molecule has 116 valence electrons. The highest BCUT2D eigenvalue weighted by molar-refractivity contribution is 7.99. The number of aliphatic hydroxyl groups is 1. The molecule has 1 aromatic carbocycles. The molecule has 0 aromatic heterocycles.